The summed E-state index contributed by atoms with van der Waals surface area (Å²) in [6.45, 7) is 0. The minimum absolute atomic E-state index is 0.0340. The standard InChI is InChI=1S/C11H12BrCl2NO4S/c1-19-9(16)3-2-6-20(17,18)15-8-5-4-7(12)10(13)11(8)14/h4-5,15H,2-3,6H2,1H3. The second kappa shape index (κ2) is 7.49. The topological polar surface area (TPSA) is 72.5 Å². The molecule has 0 bridgehead atoms. The van der Waals surface area contributed by atoms with Gasteiger partial charge in [-0.15, -0.1) is 0 Å². The molecule has 0 aromatic heterocycles. The van der Waals surface area contributed by atoms with Gasteiger partial charge in [-0.2, -0.15) is 0 Å². The van der Waals surface area contributed by atoms with E-state index in [1.165, 1.54) is 13.2 Å². The number of methoxy groups -OCH3 is 1. The number of halogens is 3. The minimum Gasteiger partial charge on any atom is -0.469 e. The Balaban J connectivity index is 2.72. The summed E-state index contributed by atoms with van der Waals surface area (Å²) in [4.78, 5) is 10.9. The zero-order valence-corrected chi connectivity index (χ0v) is 14.4. The highest BCUT2D eigenvalue weighted by Gasteiger charge is 2.16. The Kier molecular flexibility index (Phi) is 6.57. The summed E-state index contributed by atoms with van der Waals surface area (Å²) in [5, 5.41) is 0.332. The van der Waals surface area contributed by atoms with Crippen molar-refractivity contribution in [2.75, 3.05) is 17.6 Å². The maximum atomic E-state index is 11.8. The number of sulfonamides is 1. The molecule has 1 rings (SSSR count). The fourth-order valence-corrected chi connectivity index (χ4v) is 3.34. The molecule has 0 amide bonds. The molecular formula is C11H12BrCl2NO4S. The first-order valence-electron chi connectivity index (χ1n) is 5.47. The van der Waals surface area contributed by atoms with Gasteiger partial charge in [0, 0.05) is 10.9 Å². The van der Waals surface area contributed by atoms with Crippen LogP contribution in [0.15, 0.2) is 16.6 Å². The summed E-state index contributed by atoms with van der Waals surface area (Å²) in [5.41, 5.74) is 0.193. The van der Waals surface area contributed by atoms with Crippen molar-refractivity contribution in [3.8, 4) is 0 Å². The number of hydrogen-bond acceptors (Lipinski definition) is 4. The summed E-state index contributed by atoms with van der Waals surface area (Å²) in [5.74, 6) is -0.670. The Morgan fingerprint density at radius 2 is 2.00 bits per heavy atom. The lowest BCUT2D eigenvalue weighted by Gasteiger charge is -2.11. The Bertz CT molecular complexity index is 607. The molecule has 1 aromatic carbocycles. The molecule has 0 aliphatic heterocycles. The van der Waals surface area contributed by atoms with E-state index in [9.17, 15) is 13.2 Å². The van der Waals surface area contributed by atoms with Gasteiger partial charge >= 0.3 is 5.97 Å². The van der Waals surface area contributed by atoms with Crippen molar-refractivity contribution in [2.24, 2.45) is 0 Å². The number of rotatable bonds is 6. The van der Waals surface area contributed by atoms with E-state index in [2.05, 4.69) is 25.4 Å². The third kappa shape index (κ3) is 5.12. The van der Waals surface area contributed by atoms with Crippen molar-refractivity contribution in [1.29, 1.82) is 0 Å². The van der Waals surface area contributed by atoms with E-state index in [0.717, 1.165) is 0 Å². The summed E-state index contributed by atoms with van der Waals surface area (Å²) in [6, 6.07) is 3.08. The summed E-state index contributed by atoms with van der Waals surface area (Å²) < 4.78 is 31.0. The van der Waals surface area contributed by atoms with Crippen molar-refractivity contribution in [1.82, 2.24) is 0 Å². The second-order valence-corrected chi connectivity index (χ2v) is 7.28. The van der Waals surface area contributed by atoms with Crippen LogP contribution < -0.4 is 4.72 Å². The van der Waals surface area contributed by atoms with E-state index in [4.69, 9.17) is 23.2 Å². The van der Waals surface area contributed by atoms with Crippen molar-refractivity contribution in [3.05, 3.63) is 26.7 Å². The average molecular weight is 405 g/mol. The van der Waals surface area contributed by atoms with Crippen LogP contribution in [0.2, 0.25) is 10.0 Å². The molecule has 0 saturated heterocycles. The van der Waals surface area contributed by atoms with Gasteiger partial charge in [0.2, 0.25) is 10.0 Å². The third-order valence-corrected chi connectivity index (χ3v) is 5.45. The van der Waals surface area contributed by atoms with Gasteiger partial charge in [0.25, 0.3) is 0 Å². The first-order chi connectivity index (χ1) is 9.26. The molecule has 0 atom stereocenters. The van der Waals surface area contributed by atoms with E-state index in [1.807, 2.05) is 0 Å². The van der Waals surface area contributed by atoms with Crippen LogP contribution in [0.1, 0.15) is 12.8 Å². The maximum absolute atomic E-state index is 11.8. The molecule has 5 nitrogen and oxygen atoms in total. The van der Waals surface area contributed by atoms with Crippen LogP contribution in [0.4, 0.5) is 5.69 Å². The molecule has 1 aromatic rings. The van der Waals surface area contributed by atoms with E-state index < -0.39 is 16.0 Å². The molecule has 0 fully saturated rings. The van der Waals surface area contributed by atoms with Gasteiger partial charge in [-0.25, -0.2) is 8.42 Å². The van der Waals surface area contributed by atoms with Crippen LogP contribution in [0.3, 0.4) is 0 Å². The van der Waals surface area contributed by atoms with Gasteiger partial charge in [0.15, 0.2) is 0 Å². The Morgan fingerprint density at radius 1 is 1.35 bits per heavy atom. The maximum Gasteiger partial charge on any atom is 0.305 e. The molecule has 112 valence electrons. The molecule has 0 spiro atoms. The number of hydrogen-bond donors (Lipinski definition) is 1. The molecule has 20 heavy (non-hydrogen) atoms. The lowest BCUT2D eigenvalue weighted by Crippen LogP contribution is -2.18. The molecule has 0 aliphatic rings. The van der Waals surface area contributed by atoms with Crippen molar-refractivity contribution < 1.29 is 17.9 Å². The number of esters is 1. The molecule has 0 heterocycles. The van der Waals surface area contributed by atoms with Crippen molar-refractivity contribution in [2.45, 2.75) is 12.8 Å². The molecule has 1 N–H and O–H groups in total. The second-order valence-electron chi connectivity index (χ2n) is 3.82. The first kappa shape index (κ1) is 17.6. The first-order valence-corrected chi connectivity index (χ1v) is 8.68. The fraction of sp³-hybridized carbons (Fsp3) is 0.364. The Labute approximate surface area is 135 Å². The van der Waals surface area contributed by atoms with Gasteiger partial charge < -0.3 is 4.74 Å². The number of nitrogens with one attached hydrogen (secondary N) is 1. The molecule has 0 saturated carbocycles. The summed E-state index contributed by atoms with van der Waals surface area (Å²) >= 11 is 15.0. The van der Waals surface area contributed by atoms with Crippen LogP contribution in [-0.2, 0) is 19.6 Å². The number of anilines is 1. The largest absolute Gasteiger partial charge is 0.469 e. The quantitative estimate of drug-likeness (QED) is 0.582. The number of benzene rings is 1. The monoisotopic (exact) mass is 403 g/mol. The average Bonchev–Trinajstić information content (AvgIpc) is 2.39. The molecular weight excluding hydrogens is 393 g/mol. The zero-order valence-electron chi connectivity index (χ0n) is 10.5. The van der Waals surface area contributed by atoms with Crippen LogP contribution in [0.25, 0.3) is 0 Å². The molecule has 0 radical (unpaired) electrons. The summed E-state index contributed by atoms with van der Waals surface area (Å²) in [6.07, 6.45) is 0.191. The SMILES string of the molecule is COC(=O)CCCS(=O)(=O)Nc1ccc(Br)c(Cl)c1Cl. The zero-order chi connectivity index (χ0) is 15.3. The van der Waals surface area contributed by atoms with Gasteiger partial charge in [0.1, 0.15) is 0 Å². The normalized spacial score (nSPS) is 11.2. The van der Waals surface area contributed by atoms with Crippen LogP contribution in [-0.4, -0.2) is 27.2 Å². The Morgan fingerprint density at radius 3 is 2.60 bits per heavy atom. The number of carbonyl (C=O) groups is 1. The fourth-order valence-electron chi connectivity index (χ4n) is 1.33. The molecule has 0 aliphatic carbocycles. The third-order valence-electron chi connectivity index (χ3n) is 2.32. The predicted molar refractivity (Wildman–Crippen MR) is 82.8 cm³/mol. The van der Waals surface area contributed by atoms with E-state index in [0.29, 0.717) is 4.47 Å². The Hall–Kier alpha value is -0.500. The van der Waals surface area contributed by atoms with Crippen molar-refractivity contribution in [3.63, 3.8) is 0 Å². The molecule has 9 heteroatoms. The van der Waals surface area contributed by atoms with E-state index in [-0.39, 0.29) is 34.3 Å². The van der Waals surface area contributed by atoms with Crippen LogP contribution in [0.5, 0.6) is 0 Å². The minimum atomic E-state index is -3.61. The van der Waals surface area contributed by atoms with E-state index >= 15 is 0 Å². The molecule has 0 unspecified atom stereocenters. The van der Waals surface area contributed by atoms with Crippen LogP contribution >= 0.6 is 39.1 Å². The highest BCUT2D eigenvalue weighted by molar-refractivity contribution is 9.10. The van der Waals surface area contributed by atoms with Gasteiger partial charge in [-0.1, -0.05) is 23.2 Å². The predicted octanol–water partition coefficient (Wildman–Crippen LogP) is 3.45. The van der Waals surface area contributed by atoms with Gasteiger partial charge in [-0.3, -0.25) is 9.52 Å². The van der Waals surface area contributed by atoms with Crippen LogP contribution in [0, 0.1) is 0 Å². The lowest BCUT2D eigenvalue weighted by atomic mass is 10.3. The number of carbonyl (C=O) groups excluding carboxylic acids is 1. The highest BCUT2D eigenvalue weighted by atomic mass is 79.9. The van der Waals surface area contributed by atoms with Gasteiger partial charge in [-0.05, 0) is 34.5 Å². The van der Waals surface area contributed by atoms with Gasteiger partial charge in [0.05, 0.1) is 28.6 Å². The highest BCUT2D eigenvalue weighted by Crippen LogP contribution is 2.36. The van der Waals surface area contributed by atoms with Crippen molar-refractivity contribution >= 4 is 60.8 Å². The van der Waals surface area contributed by atoms with E-state index in [1.54, 1.807) is 6.07 Å². The lowest BCUT2D eigenvalue weighted by molar-refractivity contribution is -0.140. The smallest absolute Gasteiger partial charge is 0.305 e. The number of ether oxygens (including phenoxy) is 1. The summed E-state index contributed by atoms with van der Waals surface area (Å²) in [7, 11) is -2.36.